The van der Waals surface area contributed by atoms with Crippen LogP contribution < -0.4 is 10.1 Å². The van der Waals surface area contributed by atoms with Gasteiger partial charge in [0.1, 0.15) is 17.5 Å². The van der Waals surface area contributed by atoms with Gasteiger partial charge < -0.3 is 14.6 Å². The summed E-state index contributed by atoms with van der Waals surface area (Å²) in [4.78, 5) is 16.2. The van der Waals surface area contributed by atoms with Crippen LogP contribution in [0.5, 0.6) is 5.88 Å². The molecule has 0 saturated heterocycles. The Morgan fingerprint density at radius 1 is 1.57 bits per heavy atom. The molecule has 112 valence electrons. The van der Waals surface area contributed by atoms with Crippen molar-refractivity contribution < 1.29 is 9.53 Å². The molecule has 0 radical (unpaired) electrons. The highest BCUT2D eigenvalue weighted by Gasteiger charge is 2.25. The summed E-state index contributed by atoms with van der Waals surface area (Å²) in [5.41, 5.74) is 0.227. The number of amides is 1. The molecule has 1 aliphatic heterocycles. The molecule has 7 nitrogen and oxygen atoms in total. The van der Waals surface area contributed by atoms with E-state index in [0.29, 0.717) is 25.6 Å². The zero-order valence-corrected chi connectivity index (χ0v) is 12.4. The van der Waals surface area contributed by atoms with Crippen molar-refractivity contribution in [2.45, 2.75) is 26.4 Å². The van der Waals surface area contributed by atoms with Crippen molar-refractivity contribution in [1.82, 2.24) is 24.6 Å². The Balaban J connectivity index is 1.52. The molecule has 3 rings (SSSR count). The van der Waals surface area contributed by atoms with E-state index in [1.165, 1.54) is 0 Å². The first-order chi connectivity index (χ1) is 10.2. The number of nitrogens with one attached hydrogen (secondary N) is 1. The smallest absolute Gasteiger partial charge is 0.273 e. The van der Waals surface area contributed by atoms with E-state index in [9.17, 15) is 4.79 Å². The summed E-state index contributed by atoms with van der Waals surface area (Å²) in [6.45, 7) is 4.49. The number of fused-ring (bicyclic) bond motifs is 1. The molecular formula is C13H16ClN5O2. The first-order valence-electron chi connectivity index (χ1n) is 6.82. The molecule has 0 saturated carbocycles. The highest BCUT2D eigenvalue weighted by Crippen LogP contribution is 2.30. The predicted molar refractivity (Wildman–Crippen MR) is 76.6 cm³/mol. The standard InChI is InChI=1S/C13H16ClN5O2/c1-9-15-4-6-18(9)5-2-3-16-12(20)11-10(14)13-19(17-11)7-8-21-13/h4,6H,2-3,5,7-8H2,1H3,(H,16,20). The van der Waals surface area contributed by atoms with E-state index in [4.69, 9.17) is 16.3 Å². The highest BCUT2D eigenvalue weighted by atomic mass is 35.5. The summed E-state index contributed by atoms with van der Waals surface area (Å²) in [6, 6.07) is 0. The third kappa shape index (κ3) is 2.73. The Kier molecular flexibility index (Phi) is 3.83. The van der Waals surface area contributed by atoms with Crippen molar-refractivity contribution in [2.24, 2.45) is 0 Å². The fourth-order valence-electron chi connectivity index (χ4n) is 2.26. The van der Waals surface area contributed by atoms with Crippen LogP contribution in [-0.2, 0) is 13.1 Å². The molecule has 0 unspecified atom stereocenters. The van der Waals surface area contributed by atoms with Gasteiger partial charge in [0, 0.05) is 25.5 Å². The van der Waals surface area contributed by atoms with Gasteiger partial charge in [-0.15, -0.1) is 0 Å². The Labute approximate surface area is 126 Å². The molecule has 2 aromatic heterocycles. The van der Waals surface area contributed by atoms with E-state index in [-0.39, 0.29) is 16.6 Å². The summed E-state index contributed by atoms with van der Waals surface area (Å²) in [7, 11) is 0. The van der Waals surface area contributed by atoms with Gasteiger partial charge in [0.25, 0.3) is 5.91 Å². The van der Waals surface area contributed by atoms with Gasteiger partial charge in [-0.3, -0.25) is 4.79 Å². The number of nitrogens with zero attached hydrogens (tertiary/aromatic N) is 4. The zero-order valence-electron chi connectivity index (χ0n) is 11.7. The Morgan fingerprint density at radius 3 is 3.14 bits per heavy atom. The van der Waals surface area contributed by atoms with Crippen LogP contribution >= 0.6 is 11.6 Å². The van der Waals surface area contributed by atoms with Crippen LogP contribution in [0.2, 0.25) is 5.02 Å². The number of aromatic nitrogens is 4. The number of hydrogen-bond donors (Lipinski definition) is 1. The number of rotatable bonds is 5. The maximum Gasteiger partial charge on any atom is 0.273 e. The lowest BCUT2D eigenvalue weighted by atomic mass is 10.3. The van der Waals surface area contributed by atoms with Crippen LogP contribution in [0.3, 0.4) is 0 Å². The molecular weight excluding hydrogens is 294 g/mol. The molecule has 0 aromatic carbocycles. The van der Waals surface area contributed by atoms with Gasteiger partial charge in [-0.25, -0.2) is 9.67 Å². The van der Waals surface area contributed by atoms with Gasteiger partial charge in [-0.2, -0.15) is 5.10 Å². The van der Waals surface area contributed by atoms with Crippen LogP contribution in [0.4, 0.5) is 0 Å². The minimum atomic E-state index is -0.271. The third-order valence-electron chi connectivity index (χ3n) is 3.39. The van der Waals surface area contributed by atoms with Gasteiger partial charge in [-0.1, -0.05) is 11.6 Å². The highest BCUT2D eigenvalue weighted by molar-refractivity contribution is 6.34. The monoisotopic (exact) mass is 309 g/mol. The Morgan fingerprint density at radius 2 is 2.43 bits per heavy atom. The van der Waals surface area contributed by atoms with E-state index in [0.717, 1.165) is 18.8 Å². The minimum absolute atomic E-state index is 0.227. The van der Waals surface area contributed by atoms with Crippen LogP contribution in [0.15, 0.2) is 12.4 Å². The molecule has 0 aliphatic carbocycles. The Bertz CT molecular complexity index is 664. The molecule has 0 spiro atoms. The fraction of sp³-hybridized carbons (Fsp3) is 0.462. The predicted octanol–water partition coefficient (Wildman–Crippen LogP) is 1.25. The maximum atomic E-state index is 12.1. The van der Waals surface area contributed by atoms with Gasteiger partial charge in [0.05, 0.1) is 6.54 Å². The summed E-state index contributed by atoms with van der Waals surface area (Å²) in [5.74, 6) is 1.18. The second-order valence-corrected chi connectivity index (χ2v) is 5.19. The summed E-state index contributed by atoms with van der Waals surface area (Å²) in [6.07, 6.45) is 4.50. The van der Waals surface area contributed by atoms with E-state index in [1.807, 2.05) is 17.7 Å². The summed E-state index contributed by atoms with van der Waals surface area (Å²) >= 11 is 6.10. The molecule has 1 amide bonds. The molecule has 0 bridgehead atoms. The number of carbonyl (C=O) groups excluding carboxylic acids is 1. The van der Waals surface area contributed by atoms with E-state index in [1.54, 1.807) is 10.9 Å². The van der Waals surface area contributed by atoms with Gasteiger partial charge in [0.15, 0.2) is 5.69 Å². The van der Waals surface area contributed by atoms with E-state index < -0.39 is 0 Å². The molecule has 1 aliphatic rings. The van der Waals surface area contributed by atoms with Crippen molar-refractivity contribution >= 4 is 17.5 Å². The average Bonchev–Trinajstić information content (AvgIpc) is 3.14. The second kappa shape index (κ2) is 5.77. The number of halogens is 1. The number of ether oxygens (including phenoxy) is 1. The zero-order chi connectivity index (χ0) is 14.8. The van der Waals surface area contributed by atoms with Crippen molar-refractivity contribution in [3.8, 4) is 5.88 Å². The van der Waals surface area contributed by atoms with Gasteiger partial charge in [0.2, 0.25) is 5.88 Å². The molecule has 0 atom stereocenters. The molecule has 21 heavy (non-hydrogen) atoms. The third-order valence-corrected chi connectivity index (χ3v) is 3.73. The van der Waals surface area contributed by atoms with Crippen LogP contribution in [0.1, 0.15) is 22.7 Å². The molecule has 0 fully saturated rings. The molecule has 1 N–H and O–H groups in total. The van der Waals surface area contributed by atoms with Crippen molar-refractivity contribution in [3.05, 3.63) is 28.9 Å². The fourth-order valence-corrected chi connectivity index (χ4v) is 2.54. The topological polar surface area (TPSA) is 74.0 Å². The first-order valence-corrected chi connectivity index (χ1v) is 7.19. The van der Waals surface area contributed by atoms with Gasteiger partial charge >= 0.3 is 0 Å². The van der Waals surface area contributed by atoms with Crippen LogP contribution in [0, 0.1) is 6.92 Å². The maximum absolute atomic E-state index is 12.1. The van der Waals surface area contributed by atoms with E-state index >= 15 is 0 Å². The van der Waals surface area contributed by atoms with Crippen molar-refractivity contribution in [1.29, 1.82) is 0 Å². The van der Waals surface area contributed by atoms with E-state index in [2.05, 4.69) is 15.4 Å². The Hall–Kier alpha value is -2.02. The molecule has 2 aromatic rings. The minimum Gasteiger partial charge on any atom is -0.475 e. The number of hydrogen-bond acceptors (Lipinski definition) is 4. The lowest BCUT2D eigenvalue weighted by Gasteiger charge is -2.06. The van der Waals surface area contributed by atoms with Gasteiger partial charge in [-0.05, 0) is 13.3 Å². The number of aryl methyl sites for hydroxylation is 2. The lowest BCUT2D eigenvalue weighted by Crippen LogP contribution is -2.26. The quantitative estimate of drug-likeness (QED) is 0.844. The number of imidazole rings is 1. The van der Waals surface area contributed by atoms with Crippen molar-refractivity contribution in [3.63, 3.8) is 0 Å². The van der Waals surface area contributed by atoms with Crippen molar-refractivity contribution in [2.75, 3.05) is 13.2 Å². The normalized spacial score (nSPS) is 13.0. The number of carbonyl (C=O) groups is 1. The average molecular weight is 310 g/mol. The SMILES string of the molecule is Cc1nccn1CCCNC(=O)c1nn2c(c1Cl)OCC2. The molecule has 8 heteroatoms. The van der Waals surface area contributed by atoms with Crippen LogP contribution in [-0.4, -0.2) is 38.4 Å². The second-order valence-electron chi connectivity index (χ2n) is 4.82. The van der Waals surface area contributed by atoms with Crippen LogP contribution in [0.25, 0.3) is 0 Å². The summed E-state index contributed by atoms with van der Waals surface area (Å²) < 4.78 is 8.98. The largest absolute Gasteiger partial charge is 0.475 e. The molecule has 3 heterocycles. The first kappa shape index (κ1) is 13.9. The lowest BCUT2D eigenvalue weighted by molar-refractivity contribution is 0.0947. The summed E-state index contributed by atoms with van der Waals surface area (Å²) in [5, 5.41) is 7.27.